The quantitative estimate of drug-likeness (QED) is 0.610. The summed E-state index contributed by atoms with van der Waals surface area (Å²) < 4.78 is 3.52. The summed E-state index contributed by atoms with van der Waals surface area (Å²) in [6.45, 7) is 0. The minimum Gasteiger partial charge on any atom is -0.378 e. The second-order valence-corrected chi connectivity index (χ2v) is 4.31. The molecule has 0 radical (unpaired) electrons. The second-order valence-electron chi connectivity index (χ2n) is 4.31. The van der Waals surface area contributed by atoms with Gasteiger partial charge in [-0.25, -0.2) is 4.57 Å². The van der Waals surface area contributed by atoms with Crippen LogP contribution in [0.3, 0.4) is 0 Å². The Morgan fingerprint density at radius 2 is 1.83 bits per heavy atom. The van der Waals surface area contributed by atoms with Crippen molar-refractivity contribution in [1.82, 2.24) is 9.78 Å². The van der Waals surface area contributed by atoms with Crippen LogP contribution in [0.2, 0.25) is 0 Å². The first-order valence-corrected chi connectivity index (χ1v) is 5.64. The van der Waals surface area contributed by atoms with Gasteiger partial charge in [-0.3, -0.25) is 0 Å². The number of aromatic nitrogens is 3. The Morgan fingerprint density at radius 1 is 1.17 bits per heavy atom. The highest BCUT2D eigenvalue weighted by Gasteiger charge is 2.09. The molecule has 18 heavy (non-hydrogen) atoms. The van der Waals surface area contributed by atoms with Gasteiger partial charge in [-0.15, -0.1) is 4.68 Å². The van der Waals surface area contributed by atoms with Crippen molar-refractivity contribution in [3.8, 4) is 0 Å². The number of anilines is 1. The molecule has 0 atom stereocenters. The molecule has 94 valence electrons. The summed E-state index contributed by atoms with van der Waals surface area (Å²) >= 11 is 0. The number of hydrogen-bond acceptors (Lipinski definition) is 4. The van der Waals surface area contributed by atoms with Crippen molar-refractivity contribution in [2.24, 2.45) is 24.3 Å². The van der Waals surface area contributed by atoms with Crippen LogP contribution in [0.15, 0.2) is 40.8 Å². The van der Waals surface area contributed by atoms with E-state index < -0.39 is 0 Å². The Kier molecular flexibility index (Phi) is 3.36. The molecule has 0 aliphatic rings. The minimum atomic E-state index is 0.578. The Morgan fingerprint density at radius 3 is 2.33 bits per heavy atom. The molecule has 6 heteroatoms. The smallest absolute Gasteiger partial charge is 0.378 e. The largest absolute Gasteiger partial charge is 0.435 e. The first-order valence-electron chi connectivity index (χ1n) is 5.64. The predicted octanol–water partition coefficient (Wildman–Crippen LogP) is 1.73. The number of rotatable bonds is 3. The maximum Gasteiger partial charge on any atom is 0.435 e. The van der Waals surface area contributed by atoms with E-state index in [0.717, 1.165) is 11.4 Å². The predicted molar refractivity (Wildman–Crippen MR) is 69.3 cm³/mol. The van der Waals surface area contributed by atoms with Crippen LogP contribution in [-0.4, -0.2) is 23.9 Å². The van der Waals surface area contributed by atoms with Gasteiger partial charge in [0.1, 0.15) is 0 Å². The lowest BCUT2D eigenvalue weighted by molar-refractivity contribution is -0.659. The van der Waals surface area contributed by atoms with Crippen LogP contribution in [-0.2, 0) is 14.1 Å². The Balaban J connectivity index is 2.16. The van der Waals surface area contributed by atoms with Gasteiger partial charge in [0.15, 0.2) is 6.33 Å². The van der Waals surface area contributed by atoms with Crippen molar-refractivity contribution in [2.45, 2.75) is 0 Å². The van der Waals surface area contributed by atoms with E-state index in [2.05, 4.69) is 15.3 Å². The lowest BCUT2D eigenvalue weighted by Crippen LogP contribution is -2.24. The zero-order valence-electron chi connectivity index (χ0n) is 11.1. The highest BCUT2D eigenvalue weighted by Crippen LogP contribution is 2.19. The van der Waals surface area contributed by atoms with E-state index in [9.17, 15) is 0 Å². The number of nitrogens with zero attached hydrogens (tertiary/aromatic N) is 6. The molecule has 1 aromatic carbocycles. The molecule has 0 fully saturated rings. The topological polar surface area (TPSA) is 49.7 Å². The summed E-state index contributed by atoms with van der Waals surface area (Å²) in [6.07, 6.45) is 1.84. The third-order valence-corrected chi connectivity index (χ3v) is 2.52. The average molecular weight is 245 g/mol. The monoisotopic (exact) mass is 245 g/mol. The van der Waals surface area contributed by atoms with Crippen LogP contribution in [0.4, 0.5) is 17.3 Å². The first-order chi connectivity index (χ1) is 8.56. The third-order valence-electron chi connectivity index (χ3n) is 2.52. The van der Waals surface area contributed by atoms with Gasteiger partial charge in [-0.2, -0.15) is 0 Å². The van der Waals surface area contributed by atoms with Gasteiger partial charge in [0.05, 0.1) is 19.8 Å². The van der Waals surface area contributed by atoms with Crippen molar-refractivity contribution >= 4 is 17.3 Å². The standard InChI is InChI=1S/C12H17N6/c1-16(2)11-7-5-10(6-8-11)13-14-12-15-18(4)9-17(12)3/h5-9H,1-4H3/q+1. The Bertz CT molecular complexity index is 552. The van der Waals surface area contributed by atoms with Crippen LogP contribution >= 0.6 is 0 Å². The molecule has 2 aromatic rings. The fourth-order valence-electron chi connectivity index (χ4n) is 1.55. The van der Waals surface area contributed by atoms with E-state index in [0.29, 0.717) is 5.95 Å². The van der Waals surface area contributed by atoms with E-state index in [1.807, 2.05) is 68.3 Å². The molecule has 0 aliphatic carbocycles. The van der Waals surface area contributed by atoms with E-state index in [-0.39, 0.29) is 0 Å². The minimum absolute atomic E-state index is 0.578. The van der Waals surface area contributed by atoms with Crippen LogP contribution in [0.5, 0.6) is 0 Å². The molecule has 0 spiro atoms. The van der Waals surface area contributed by atoms with Crippen molar-refractivity contribution in [1.29, 1.82) is 0 Å². The van der Waals surface area contributed by atoms with Crippen LogP contribution in [0, 0.1) is 0 Å². The highest BCUT2D eigenvalue weighted by atomic mass is 15.4. The summed E-state index contributed by atoms with van der Waals surface area (Å²) in [5.74, 6) is 0.578. The van der Waals surface area contributed by atoms with Gasteiger partial charge in [-0.1, -0.05) is 5.11 Å². The van der Waals surface area contributed by atoms with E-state index in [1.54, 1.807) is 4.68 Å². The molecule has 2 rings (SSSR count). The maximum absolute atomic E-state index is 4.18. The summed E-state index contributed by atoms with van der Waals surface area (Å²) in [4.78, 5) is 2.04. The van der Waals surface area contributed by atoms with Gasteiger partial charge < -0.3 is 4.90 Å². The summed E-state index contributed by atoms with van der Waals surface area (Å²) in [6, 6.07) is 7.88. The van der Waals surface area contributed by atoms with Crippen molar-refractivity contribution in [2.75, 3.05) is 19.0 Å². The lowest BCUT2D eigenvalue weighted by atomic mass is 10.3. The van der Waals surface area contributed by atoms with Gasteiger partial charge in [0.2, 0.25) is 0 Å². The van der Waals surface area contributed by atoms with Crippen molar-refractivity contribution in [3.05, 3.63) is 30.6 Å². The SMILES string of the molecule is CN(C)c1ccc(N=Nc2nn(C)c[n+]2C)cc1. The molecule has 0 saturated heterocycles. The number of aryl methyl sites for hydroxylation is 2. The molecule has 1 heterocycles. The van der Waals surface area contributed by atoms with Crippen LogP contribution < -0.4 is 9.47 Å². The summed E-state index contributed by atoms with van der Waals surface area (Å²) in [7, 11) is 7.75. The molecule has 0 unspecified atom stereocenters. The fourth-order valence-corrected chi connectivity index (χ4v) is 1.55. The molecule has 0 saturated carbocycles. The summed E-state index contributed by atoms with van der Waals surface area (Å²) in [5.41, 5.74) is 1.95. The Labute approximate surface area is 106 Å². The molecule has 0 aliphatic heterocycles. The normalized spacial score (nSPS) is 11.1. The fraction of sp³-hybridized carbons (Fsp3) is 0.333. The second kappa shape index (κ2) is 4.95. The molecular formula is C12H17N6+. The number of hydrogen-bond donors (Lipinski definition) is 0. The van der Waals surface area contributed by atoms with E-state index in [1.165, 1.54) is 0 Å². The maximum atomic E-state index is 4.18. The van der Waals surface area contributed by atoms with E-state index in [4.69, 9.17) is 0 Å². The van der Waals surface area contributed by atoms with Gasteiger partial charge in [-0.05, 0) is 24.3 Å². The average Bonchev–Trinajstić information content (AvgIpc) is 2.66. The third kappa shape index (κ3) is 2.71. The van der Waals surface area contributed by atoms with Crippen LogP contribution in [0.25, 0.3) is 0 Å². The molecular weight excluding hydrogens is 228 g/mol. The van der Waals surface area contributed by atoms with Crippen molar-refractivity contribution < 1.29 is 4.57 Å². The van der Waals surface area contributed by atoms with Gasteiger partial charge in [0.25, 0.3) is 0 Å². The number of azo groups is 1. The summed E-state index contributed by atoms with van der Waals surface area (Å²) in [5, 5.41) is 12.5. The van der Waals surface area contributed by atoms with Gasteiger partial charge in [0, 0.05) is 30.0 Å². The number of benzene rings is 1. The molecule has 0 bridgehead atoms. The first kappa shape index (κ1) is 12.2. The molecule has 0 amide bonds. The zero-order chi connectivity index (χ0) is 13.1. The van der Waals surface area contributed by atoms with Gasteiger partial charge >= 0.3 is 5.95 Å². The molecule has 6 nitrogen and oxygen atoms in total. The highest BCUT2D eigenvalue weighted by molar-refractivity contribution is 5.51. The van der Waals surface area contributed by atoms with E-state index >= 15 is 0 Å². The Hall–Kier alpha value is -2.24. The molecule has 1 aromatic heterocycles. The van der Waals surface area contributed by atoms with Crippen molar-refractivity contribution in [3.63, 3.8) is 0 Å². The molecule has 0 N–H and O–H groups in total. The lowest BCUT2D eigenvalue weighted by Gasteiger charge is -2.11. The van der Waals surface area contributed by atoms with Crippen LogP contribution in [0.1, 0.15) is 0 Å². The zero-order valence-corrected chi connectivity index (χ0v) is 11.1.